The first kappa shape index (κ1) is 15.8. The SMILES string of the molecule is O=C(O)CCC1CCN(Cc2cc(Br)ccc2Cl)CC1. The molecule has 1 saturated heterocycles. The maximum atomic E-state index is 10.6. The van der Waals surface area contributed by atoms with Gasteiger partial charge in [0.1, 0.15) is 0 Å². The number of hydrogen-bond acceptors (Lipinski definition) is 2. The standard InChI is InChI=1S/C15H19BrClNO2/c16-13-2-3-14(17)12(9-13)10-18-7-5-11(6-8-18)1-4-15(19)20/h2-3,9,11H,1,4-8,10H2,(H,19,20). The van der Waals surface area contributed by atoms with E-state index in [1.165, 1.54) is 0 Å². The van der Waals surface area contributed by atoms with Crippen molar-refractivity contribution in [2.24, 2.45) is 5.92 Å². The Morgan fingerprint density at radius 2 is 2.10 bits per heavy atom. The second kappa shape index (κ2) is 7.43. The molecule has 1 fully saturated rings. The van der Waals surface area contributed by atoms with Gasteiger partial charge >= 0.3 is 5.97 Å². The highest BCUT2D eigenvalue weighted by Crippen LogP contribution is 2.26. The average Bonchev–Trinajstić information content (AvgIpc) is 2.42. The molecule has 3 nitrogen and oxygen atoms in total. The summed E-state index contributed by atoms with van der Waals surface area (Å²) in [5, 5.41) is 9.52. The topological polar surface area (TPSA) is 40.5 Å². The molecule has 0 radical (unpaired) electrons. The fourth-order valence-corrected chi connectivity index (χ4v) is 3.25. The third-order valence-corrected chi connectivity index (χ3v) is 4.74. The van der Waals surface area contributed by atoms with Gasteiger partial charge in [0, 0.05) is 22.5 Å². The van der Waals surface area contributed by atoms with Gasteiger partial charge in [-0.05, 0) is 62.0 Å². The summed E-state index contributed by atoms with van der Waals surface area (Å²) in [6.07, 6.45) is 3.26. The van der Waals surface area contributed by atoms with E-state index in [0.29, 0.717) is 12.3 Å². The van der Waals surface area contributed by atoms with Gasteiger partial charge in [0.2, 0.25) is 0 Å². The van der Waals surface area contributed by atoms with Crippen molar-refractivity contribution in [2.75, 3.05) is 13.1 Å². The minimum Gasteiger partial charge on any atom is -0.481 e. The van der Waals surface area contributed by atoms with Crippen molar-refractivity contribution in [3.63, 3.8) is 0 Å². The Bertz CT molecular complexity index is 473. The molecule has 0 aromatic heterocycles. The largest absolute Gasteiger partial charge is 0.481 e. The molecule has 1 aliphatic heterocycles. The molecule has 0 unspecified atom stereocenters. The van der Waals surface area contributed by atoms with Crippen LogP contribution >= 0.6 is 27.5 Å². The van der Waals surface area contributed by atoms with Crippen LogP contribution in [-0.2, 0) is 11.3 Å². The monoisotopic (exact) mass is 359 g/mol. The van der Waals surface area contributed by atoms with E-state index in [2.05, 4.69) is 26.9 Å². The molecule has 0 spiro atoms. The molecule has 1 aromatic carbocycles. The van der Waals surface area contributed by atoms with Gasteiger partial charge in [-0.25, -0.2) is 0 Å². The Kier molecular flexibility index (Phi) is 5.87. The molecule has 1 aliphatic rings. The van der Waals surface area contributed by atoms with Crippen LogP contribution in [0, 0.1) is 5.92 Å². The lowest BCUT2D eigenvalue weighted by atomic mass is 9.92. The number of piperidine rings is 1. The van der Waals surface area contributed by atoms with E-state index in [0.717, 1.165) is 54.0 Å². The lowest BCUT2D eigenvalue weighted by Crippen LogP contribution is -2.33. The molecule has 0 bridgehead atoms. The quantitative estimate of drug-likeness (QED) is 0.856. The minimum absolute atomic E-state index is 0.294. The lowest BCUT2D eigenvalue weighted by molar-refractivity contribution is -0.137. The number of carboxylic acid groups (broad SMARTS) is 1. The van der Waals surface area contributed by atoms with Crippen molar-refractivity contribution in [1.82, 2.24) is 4.90 Å². The summed E-state index contributed by atoms with van der Waals surface area (Å²) in [6.45, 7) is 2.91. The van der Waals surface area contributed by atoms with Crippen LogP contribution in [0.5, 0.6) is 0 Å². The molecule has 0 aliphatic carbocycles. The zero-order valence-corrected chi connectivity index (χ0v) is 13.7. The van der Waals surface area contributed by atoms with Gasteiger partial charge in [-0.1, -0.05) is 27.5 Å². The lowest BCUT2D eigenvalue weighted by Gasteiger charge is -2.32. The summed E-state index contributed by atoms with van der Waals surface area (Å²) >= 11 is 9.69. The van der Waals surface area contributed by atoms with Crippen LogP contribution in [0.25, 0.3) is 0 Å². The fraction of sp³-hybridized carbons (Fsp3) is 0.533. The maximum Gasteiger partial charge on any atom is 0.303 e. The summed E-state index contributed by atoms with van der Waals surface area (Å²) in [4.78, 5) is 13.0. The molecular weight excluding hydrogens is 342 g/mol. The highest BCUT2D eigenvalue weighted by atomic mass is 79.9. The summed E-state index contributed by atoms with van der Waals surface area (Å²) in [5.74, 6) is -0.131. The van der Waals surface area contributed by atoms with Crippen LogP contribution in [0.1, 0.15) is 31.2 Å². The van der Waals surface area contributed by atoms with Crippen molar-refractivity contribution in [3.05, 3.63) is 33.3 Å². The third kappa shape index (κ3) is 4.76. The van der Waals surface area contributed by atoms with Crippen molar-refractivity contribution in [1.29, 1.82) is 0 Å². The van der Waals surface area contributed by atoms with Crippen LogP contribution in [0.4, 0.5) is 0 Å². The van der Waals surface area contributed by atoms with Crippen molar-refractivity contribution in [2.45, 2.75) is 32.2 Å². The predicted octanol–water partition coefficient (Wildman–Crippen LogP) is 4.18. The van der Waals surface area contributed by atoms with Crippen molar-refractivity contribution < 1.29 is 9.90 Å². The van der Waals surface area contributed by atoms with Crippen LogP contribution in [0.15, 0.2) is 22.7 Å². The molecule has 0 saturated carbocycles. The molecule has 110 valence electrons. The Morgan fingerprint density at radius 3 is 2.75 bits per heavy atom. The summed E-state index contributed by atoms with van der Waals surface area (Å²) in [5.41, 5.74) is 1.14. The number of benzene rings is 1. The number of nitrogens with zero attached hydrogens (tertiary/aromatic N) is 1. The normalized spacial score (nSPS) is 17.3. The van der Waals surface area contributed by atoms with Gasteiger partial charge in [0.05, 0.1) is 0 Å². The van der Waals surface area contributed by atoms with E-state index in [-0.39, 0.29) is 0 Å². The zero-order valence-electron chi connectivity index (χ0n) is 11.3. The number of halogens is 2. The fourth-order valence-electron chi connectivity index (χ4n) is 2.67. The van der Waals surface area contributed by atoms with Crippen LogP contribution < -0.4 is 0 Å². The second-order valence-electron chi connectivity index (χ2n) is 5.39. The number of rotatable bonds is 5. The average molecular weight is 361 g/mol. The number of likely N-dealkylation sites (tertiary alicyclic amines) is 1. The summed E-state index contributed by atoms with van der Waals surface area (Å²) in [7, 11) is 0. The van der Waals surface area contributed by atoms with Gasteiger partial charge in [-0.3, -0.25) is 9.69 Å². The molecular formula is C15H19BrClNO2. The molecule has 1 heterocycles. The van der Waals surface area contributed by atoms with Crippen molar-refractivity contribution in [3.8, 4) is 0 Å². The van der Waals surface area contributed by atoms with E-state index in [1.807, 2.05) is 12.1 Å². The Morgan fingerprint density at radius 1 is 1.40 bits per heavy atom. The smallest absolute Gasteiger partial charge is 0.303 e. The first-order chi connectivity index (χ1) is 9.54. The molecule has 1 aromatic rings. The van der Waals surface area contributed by atoms with Gasteiger partial charge in [0.15, 0.2) is 0 Å². The van der Waals surface area contributed by atoms with Gasteiger partial charge in [-0.15, -0.1) is 0 Å². The highest BCUT2D eigenvalue weighted by Gasteiger charge is 2.20. The van der Waals surface area contributed by atoms with Gasteiger partial charge in [-0.2, -0.15) is 0 Å². The maximum absolute atomic E-state index is 10.6. The van der Waals surface area contributed by atoms with E-state index in [1.54, 1.807) is 0 Å². The van der Waals surface area contributed by atoms with Gasteiger partial charge < -0.3 is 5.11 Å². The van der Waals surface area contributed by atoms with Crippen LogP contribution in [-0.4, -0.2) is 29.1 Å². The molecule has 0 amide bonds. The number of carboxylic acids is 1. The van der Waals surface area contributed by atoms with E-state index in [9.17, 15) is 4.79 Å². The number of hydrogen-bond donors (Lipinski definition) is 1. The predicted molar refractivity (Wildman–Crippen MR) is 84.0 cm³/mol. The Balaban J connectivity index is 1.82. The molecule has 0 atom stereocenters. The Hall–Kier alpha value is -0.580. The molecule has 2 rings (SSSR count). The van der Waals surface area contributed by atoms with E-state index < -0.39 is 5.97 Å². The van der Waals surface area contributed by atoms with E-state index >= 15 is 0 Å². The molecule has 5 heteroatoms. The molecule has 20 heavy (non-hydrogen) atoms. The van der Waals surface area contributed by atoms with Gasteiger partial charge in [0.25, 0.3) is 0 Å². The molecule has 1 N–H and O–H groups in total. The number of aliphatic carboxylic acids is 1. The van der Waals surface area contributed by atoms with Crippen LogP contribution in [0.2, 0.25) is 5.02 Å². The van der Waals surface area contributed by atoms with Crippen molar-refractivity contribution >= 4 is 33.5 Å². The summed E-state index contributed by atoms with van der Waals surface area (Å²) < 4.78 is 1.05. The minimum atomic E-state index is -0.687. The summed E-state index contributed by atoms with van der Waals surface area (Å²) in [6, 6.07) is 5.93. The van der Waals surface area contributed by atoms with E-state index in [4.69, 9.17) is 16.7 Å². The number of carbonyl (C=O) groups is 1. The second-order valence-corrected chi connectivity index (χ2v) is 6.71. The van der Waals surface area contributed by atoms with Crippen LogP contribution in [0.3, 0.4) is 0 Å². The highest BCUT2D eigenvalue weighted by molar-refractivity contribution is 9.10. The third-order valence-electron chi connectivity index (χ3n) is 3.88. The zero-order chi connectivity index (χ0) is 14.5. The first-order valence-corrected chi connectivity index (χ1v) is 8.10. The first-order valence-electron chi connectivity index (χ1n) is 6.92. The Labute approximate surface area is 133 Å².